The maximum Gasteiger partial charge on any atom is 0.188 e. The average molecular weight is 418 g/mol. The fourth-order valence-electron chi connectivity index (χ4n) is 2.99. The molecule has 2 aromatic heterocycles. The van der Waals surface area contributed by atoms with E-state index in [1.54, 1.807) is 43.6 Å². The molecule has 0 bridgehead atoms. The van der Waals surface area contributed by atoms with Crippen molar-refractivity contribution in [1.29, 1.82) is 0 Å². The largest absolute Gasteiger partial charge is 0.495 e. The Morgan fingerprint density at radius 2 is 2.00 bits per heavy atom. The van der Waals surface area contributed by atoms with Crippen LogP contribution in [-0.4, -0.2) is 47.9 Å². The lowest BCUT2D eigenvalue weighted by Crippen LogP contribution is -2.28. The van der Waals surface area contributed by atoms with Crippen LogP contribution < -0.4 is 10.1 Å². The summed E-state index contributed by atoms with van der Waals surface area (Å²) in [7, 11) is -2.16. The Hall–Kier alpha value is -2.58. The minimum atomic E-state index is -3.62. The van der Waals surface area contributed by atoms with E-state index in [1.165, 1.54) is 7.11 Å². The first-order chi connectivity index (χ1) is 13.7. The number of benzene rings is 1. The first kappa shape index (κ1) is 21.1. The molecule has 8 heteroatoms. The van der Waals surface area contributed by atoms with Crippen LogP contribution >= 0.6 is 0 Å². The summed E-state index contributed by atoms with van der Waals surface area (Å²) in [4.78, 5) is 4.56. The average Bonchev–Trinajstić information content (AvgIpc) is 3.09. The zero-order valence-electron chi connectivity index (χ0n) is 17.1. The molecule has 0 aliphatic rings. The smallest absolute Gasteiger partial charge is 0.188 e. The third-order valence-corrected chi connectivity index (χ3v) is 7.21. The lowest BCUT2D eigenvalue weighted by molar-refractivity contribution is 0.292. The number of imidazole rings is 1. The number of ether oxygens (including phenoxy) is 1. The number of anilines is 1. The molecule has 0 saturated heterocycles. The molecule has 3 aromatic rings. The van der Waals surface area contributed by atoms with Gasteiger partial charge in [0.2, 0.25) is 0 Å². The van der Waals surface area contributed by atoms with Crippen LogP contribution in [0.5, 0.6) is 5.75 Å². The number of pyridine rings is 1. The van der Waals surface area contributed by atoms with E-state index >= 15 is 0 Å². The minimum Gasteiger partial charge on any atom is -0.495 e. The summed E-state index contributed by atoms with van der Waals surface area (Å²) in [6.07, 6.45) is 3.96. The summed E-state index contributed by atoms with van der Waals surface area (Å²) in [5, 5.41) is 12.2. The van der Waals surface area contributed by atoms with Crippen LogP contribution in [0, 0.1) is 0 Å². The molecule has 0 amide bonds. The van der Waals surface area contributed by atoms with Crippen molar-refractivity contribution >= 4 is 21.2 Å². The molecular formula is C21H27N3O4S. The highest BCUT2D eigenvalue weighted by Crippen LogP contribution is 2.34. The Labute approximate surface area is 171 Å². The van der Waals surface area contributed by atoms with Crippen molar-refractivity contribution in [1.82, 2.24) is 9.38 Å². The Balaban J connectivity index is 2.12. The quantitative estimate of drug-likeness (QED) is 0.573. The number of nitrogens with one attached hydrogen (secondary N) is 1. The SMILES string of the molecule is COc1cc2ncc(-c3cccc(NCCCO)c3)n2cc1S(=O)(=O)C(C)(C)C. The zero-order chi connectivity index (χ0) is 21.2. The van der Waals surface area contributed by atoms with Gasteiger partial charge in [0.1, 0.15) is 16.3 Å². The van der Waals surface area contributed by atoms with Gasteiger partial charge in [-0.3, -0.25) is 4.40 Å². The zero-order valence-corrected chi connectivity index (χ0v) is 18.0. The van der Waals surface area contributed by atoms with Gasteiger partial charge in [-0.25, -0.2) is 13.4 Å². The molecule has 0 radical (unpaired) electrons. The summed E-state index contributed by atoms with van der Waals surface area (Å²) in [5.41, 5.74) is 3.19. The molecule has 7 nitrogen and oxygen atoms in total. The van der Waals surface area contributed by atoms with Crippen molar-refractivity contribution in [3.8, 4) is 17.0 Å². The molecule has 0 aliphatic carbocycles. The molecule has 3 rings (SSSR count). The van der Waals surface area contributed by atoms with Crippen LogP contribution in [0.3, 0.4) is 0 Å². The van der Waals surface area contributed by atoms with Crippen molar-refractivity contribution in [3.05, 3.63) is 42.7 Å². The van der Waals surface area contributed by atoms with Gasteiger partial charge in [0.05, 0.1) is 23.7 Å². The van der Waals surface area contributed by atoms with Crippen LogP contribution in [0.25, 0.3) is 16.9 Å². The van der Waals surface area contributed by atoms with Crippen molar-refractivity contribution in [3.63, 3.8) is 0 Å². The Morgan fingerprint density at radius 1 is 1.24 bits per heavy atom. The van der Waals surface area contributed by atoms with E-state index < -0.39 is 14.6 Å². The predicted octanol–water partition coefficient (Wildman–Crippen LogP) is 3.38. The Kier molecular flexibility index (Phi) is 5.86. The summed E-state index contributed by atoms with van der Waals surface area (Å²) in [6.45, 7) is 5.80. The van der Waals surface area contributed by atoms with Gasteiger partial charge in [0.25, 0.3) is 0 Å². The molecule has 1 aromatic carbocycles. The minimum absolute atomic E-state index is 0.132. The molecule has 2 heterocycles. The van der Waals surface area contributed by atoms with E-state index in [0.717, 1.165) is 16.9 Å². The number of hydrogen-bond acceptors (Lipinski definition) is 6. The summed E-state index contributed by atoms with van der Waals surface area (Å²) >= 11 is 0. The fraction of sp³-hybridized carbons (Fsp3) is 0.381. The van der Waals surface area contributed by atoms with E-state index in [9.17, 15) is 8.42 Å². The number of aliphatic hydroxyl groups excluding tert-OH is 1. The van der Waals surface area contributed by atoms with Crippen molar-refractivity contribution in [2.45, 2.75) is 36.8 Å². The lowest BCUT2D eigenvalue weighted by Gasteiger charge is -2.21. The van der Waals surface area contributed by atoms with Gasteiger partial charge in [-0.15, -0.1) is 0 Å². The number of hydrogen-bond donors (Lipinski definition) is 2. The van der Waals surface area contributed by atoms with Crippen LogP contribution in [-0.2, 0) is 9.84 Å². The van der Waals surface area contributed by atoms with Gasteiger partial charge >= 0.3 is 0 Å². The van der Waals surface area contributed by atoms with E-state index in [4.69, 9.17) is 9.84 Å². The maximum absolute atomic E-state index is 13.1. The first-order valence-corrected chi connectivity index (χ1v) is 10.9. The topological polar surface area (TPSA) is 92.9 Å². The van der Waals surface area contributed by atoms with Crippen molar-refractivity contribution in [2.24, 2.45) is 0 Å². The molecule has 0 atom stereocenters. The van der Waals surface area contributed by atoms with Crippen LogP contribution in [0.15, 0.2) is 47.6 Å². The molecule has 0 saturated carbocycles. The second-order valence-electron chi connectivity index (χ2n) is 7.78. The number of methoxy groups -OCH3 is 1. The van der Waals surface area contributed by atoms with Gasteiger partial charge in [-0.2, -0.15) is 0 Å². The van der Waals surface area contributed by atoms with E-state index in [0.29, 0.717) is 18.6 Å². The number of rotatable bonds is 7. The summed E-state index contributed by atoms with van der Waals surface area (Å²) < 4.78 is 32.4. The van der Waals surface area contributed by atoms with E-state index in [-0.39, 0.29) is 17.3 Å². The number of aliphatic hydroxyl groups is 1. The highest BCUT2D eigenvalue weighted by Gasteiger charge is 2.34. The number of fused-ring (bicyclic) bond motifs is 1. The summed E-state index contributed by atoms with van der Waals surface area (Å²) in [5.74, 6) is 0.281. The summed E-state index contributed by atoms with van der Waals surface area (Å²) in [6, 6.07) is 9.44. The highest BCUT2D eigenvalue weighted by molar-refractivity contribution is 7.92. The van der Waals surface area contributed by atoms with Gasteiger partial charge < -0.3 is 15.2 Å². The standard InChI is InChI=1S/C21H27N3O4S/c1-21(2,3)29(26,27)19-14-24-17(13-23-20(24)12-18(19)28-4)15-7-5-8-16(11-15)22-9-6-10-25/h5,7-8,11-14,22,25H,6,9-10H2,1-4H3. The monoisotopic (exact) mass is 417 g/mol. The third-order valence-electron chi connectivity index (χ3n) is 4.71. The van der Waals surface area contributed by atoms with Crippen LogP contribution in [0.4, 0.5) is 5.69 Å². The molecule has 0 unspecified atom stereocenters. The fourth-order valence-corrected chi connectivity index (χ4v) is 4.30. The van der Waals surface area contributed by atoms with Crippen LogP contribution in [0.2, 0.25) is 0 Å². The molecule has 0 aliphatic heterocycles. The molecule has 0 fully saturated rings. The second-order valence-corrected chi connectivity index (χ2v) is 10.4. The predicted molar refractivity (Wildman–Crippen MR) is 114 cm³/mol. The molecular weight excluding hydrogens is 390 g/mol. The third kappa shape index (κ3) is 4.09. The number of nitrogens with zero attached hydrogens (tertiary/aromatic N) is 2. The van der Waals surface area contributed by atoms with Gasteiger partial charge in [-0.1, -0.05) is 12.1 Å². The molecule has 0 spiro atoms. The number of aromatic nitrogens is 2. The Morgan fingerprint density at radius 3 is 2.66 bits per heavy atom. The second kappa shape index (κ2) is 8.04. The maximum atomic E-state index is 13.1. The first-order valence-electron chi connectivity index (χ1n) is 9.44. The Bertz CT molecular complexity index is 1110. The molecule has 2 N–H and O–H groups in total. The van der Waals surface area contributed by atoms with Crippen molar-refractivity contribution < 1.29 is 18.3 Å². The van der Waals surface area contributed by atoms with E-state index in [1.807, 2.05) is 24.3 Å². The molecule has 29 heavy (non-hydrogen) atoms. The number of sulfone groups is 1. The van der Waals surface area contributed by atoms with Crippen molar-refractivity contribution in [2.75, 3.05) is 25.6 Å². The lowest BCUT2D eigenvalue weighted by atomic mass is 10.1. The normalized spacial score (nSPS) is 12.3. The molecule has 156 valence electrons. The van der Waals surface area contributed by atoms with Gasteiger partial charge in [0.15, 0.2) is 9.84 Å². The highest BCUT2D eigenvalue weighted by atomic mass is 32.2. The van der Waals surface area contributed by atoms with Gasteiger partial charge in [-0.05, 0) is 39.3 Å². The van der Waals surface area contributed by atoms with E-state index in [2.05, 4.69) is 10.3 Å². The van der Waals surface area contributed by atoms with Gasteiger partial charge in [0, 0.05) is 36.7 Å². The van der Waals surface area contributed by atoms with Crippen LogP contribution in [0.1, 0.15) is 27.2 Å².